The maximum Gasteiger partial charge on any atom is 0.262 e. The molecule has 0 radical (unpaired) electrons. The van der Waals surface area contributed by atoms with Crippen molar-refractivity contribution in [2.75, 3.05) is 11.9 Å². The zero-order valence-electron chi connectivity index (χ0n) is 9.12. The largest absolute Gasteiger partial charge is 0.313 e. The van der Waals surface area contributed by atoms with Crippen molar-refractivity contribution in [3.8, 4) is 0 Å². The van der Waals surface area contributed by atoms with Gasteiger partial charge >= 0.3 is 0 Å². The van der Waals surface area contributed by atoms with E-state index in [0.717, 1.165) is 11.3 Å². The highest BCUT2D eigenvalue weighted by Crippen LogP contribution is 2.40. The number of alkyl halides is 1. The standard InChI is InChI=1S/C12H14FNO/c1-12(2)8-6-4-5-7-9(8)14(3)11(15)10(12)13/h4-7,10H,1-3H3. The highest BCUT2D eigenvalue weighted by molar-refractivity contribution is 6.00. The second kappa shape index (κ2) is 3.05. The molecule has 0 saturated heterocycles. The quantitative estimate of drug-likeness (QED) is 0.639. The van der Waals surface area contributed by atoms with E-state index in [1.165, 1.54) is 4.90 Å². The molecule has 0 saturated carbocycles. The van der Waals surface area contributed by atoms with E-state index in [2.05, 4.69) is 0 Å². The molecule has 1 aliphatic heterocycles. The summed E-state index contributed by atoms with van der Waals surface area (Å²) >= 11 is 0. The number of nitrogens with zero attached hydrogens (tertiary/aromatic N) is 1. The van der Waals surface area contributed by atoms with Crippen LogP contribution in [0.1, 0.15) is 19.4 Å². The Morgan fingerprint density at radius 1 is 1.33 bits per heavy atom. The van der Waals surface area contributed by atoms with Gasteiger partial charge < -0.3 is 4.90 Å². The average Bonchev–Trinajstić information content (AvgIpc) is 2.24. The summed E-state index contributed by atoms with van der Waals surface area (Å²) < 4.78 is 13.9. The molecule has 0 fully saturated rings. The van der Waals surface area contributed by atoms with Gasteiger partial charge in [-0.3, -0.25) is 4.79 Å². The summed E-state index contributed by atoms with van der Waals surface area (Å²) in [6.07, 6.45) is -1.46. The first-order chi connectivity index (χ1) is 6.96. The van der Waals surface area contributed by atoms with Gasteiger partial charge in [-0.05, 0) is 11.6 Å². The van der Waals surface area contributed by atoms with Gasteiger partial charge in [0.15, 0.2) is 6.17 Å². The lowest BCUT2D eigenvalue weighted by molar-refractivity contribution is -0.125. The first-order valence-electron chi connectivity index (χ1n) is 4.97. The van der Waals surface area contributed by atoms with E-state index >= 15 is 0 Å². The predicted octanol–water partition coefficient (Wildman–Crippen LogP) is 2.28. The third-order valence-electron chi connectivity index (χ3n) is 3.14. The molecule has 0 aliphatic carbocycles. The highest BCUT2D eigenvalue weighted by atomic mass is 19.1. The minimum Gasteiger partial charge on any atom is -0.313 e. The number of amides is 1. The van der Waals surface area contributed by atoms with E-state index in [9.17, 15) is 9.18 Å². The van der Waals surface area contributed by atoms with Crippen molar-refractivity contribution in [1.82, 2.24) is 0 Å². The van der Waals surface area contributed by atoms with E-state index in [0.29, 0.717) is 0 Å². The van der Waals surface area contributed by atoms with Crippen LogP contribution in [0.25, 0.3) is 0 Å². The summed E-state index contributed by atoms with van der Waals surface area (Å²) in [6.45, 7) is 3.53. The van der Waals surface area contributed by atoms with Gasteiger partial charge in [-0.25, -0.2) is 4.39 Å². The van der Waals surface area contributed by atoms with E-state index in [4.69, 9.17) is 0 Å². The first-order valence-corrected chi connectivity index (χ1v) is 4.97. The van der Waals surface area contributed by atoms with Crippen molar-refractivity contribution in [2.24, 2.45) is 0 Å². The molecule has 15 heavy (non-hydrogen) atoms. The smallest absolute Gasteiger partial charge is 0.262 e. The summed E-state index contributed by atoms with van der Waals surface area (Å²) in [5.41, 5.74) is 0.959. The van der Waals surface area contributed by atoms with Gasteiger partial charge in [0.25, 0.3) is 5.91 Å². The zero-order chi connectivity index (χ0) is 11.2. The molecular formula is C12H14FNO. The maximum absolute atomic E-state index is 13.9. The highest BCUT2D eigenvalue weighted by Gasteiger charge is 2.44. The Hall–Kier alpha value is -1.38. The molecule has 1 aliphatic rings. The fourth-order valence-corrected chi connectivity index (χ4v) is 2.04. The van der Waals surface area contributed by atoms with Gasteiger partial charge in [0.1, 0.15) is 0 Å². The second-order valence-corrected chi connectivity index (χ2v) is 4.50. The van der Waals surface area contributed by atoms with Gasteiger partial charge in [-0.15, -0.1) is 0 Å². The number of benzene rings is 1. The molecule has 1 aromatic rings. The Kier molecular flexibility index (Phi) is 2.07. The number of rotatable bonds is 0. The zero-order valence-corrected chi connectivity index (χ0v) is 9.12. The van der Waals surface area contributed by atoms with E-state index in [1.54, 1.807) is 20.9 Å². The molecule has 3 heteroatoms. The minimum absolute atomic E-state index is 0.460. The Labute approximate surface area is 88.7 Å². The Bertz CT molecular complexity index is 414. The Balaban J connectivity index is 2.66. The summed E-state index contributed by atoms with van der Waals surface area (Å²) in [6, 6.07) is 7.46. The number of fused-ring (bicyclic) bond motifs is 1. The predicted molar refractivity (Wildman–Crippen MR) is 57.8 cm³/mol. The van der Waals surface area contributed by atoms with Crippen molar-refractivity contribution in [3.05, 3.63) is 29.8 Å². The Morgan fingerprint density at radius 3 is 2.60 bits per heavy atom. The normalized spacial score (nSPS) is 23.9. The van der Waals surface area contributed by atoms with Crippen molar-refractivity contribution in [3.63, 3.8) is 0 Å². The van der Waals surface area contributed by atoms with E-state index < -0.39 is 17.5 Å². The van der Waals surface area contributed by atoms with Gasteiger partial charge in [0.2, 0.25) is 0 Å². The summed E-state index contributed by atoms with van der Waals surface area (Å²) in [7, 11) is 1.61. The van der Waals surface area contributed by atoms with Crippen LogP contribution in [0.2, 0.25) is 0 Å². The molecule has 1 atom stereocenters. The third kappa shape index (κ3) is 1.26. The monoisotopic (exact) mass is 207 g/mol. The van der Waals surface area contributed by atoms with Crippen LogP contribution in [0.4, 0.5) is 10.1 Å². The first kappa shape index (κ1) is 10.1. The SMILES string of the molecule is CN1C(=O)C(F)C(C)(C)c2ccccc21. The van der Waals surface area contributed by atoms with Gasteiger partial charge in [0, 0.05) is 18.2 Å². The molecule has 0 N–H and O–H groups in total. The average molecular weight is 207 g/mol. The van der Waals surface area contributed by atoms with E-state index in [-0.39, 0.29) is 0 Å². The lowest BCUT2D eigenvalue weighted by Crippen LogP contribution is -2.49. The van der Waals surface area contributed by atoms with Crippen LogP contribution >= 0.6 is 0 Å². The van der Waals surface area contributed by atoms with Gasteiger partial charge in [-0.2, -0.15) is 0 Å². The molecule has 1 amide bonds. The second-order valence-electron chi connectivity index (χ2n) is 4.50. The molecule has 0 bridgehead atoms. The van der Waals surface area contributed by atoms with Crippen LogP contribution in [-0.2, 0) is 10.2 Å². The molecule has 80 valence electrons. The van der Waals surface area contributed by atoms with Crippen molar-refractivity contribution in [1.29, 1.82) is 0 Å². The number of carbonyl (C=O) groups is 1. The van der Waals surface area contributed by atoms with Gasteiger partial charge in [0.05, 0.1) is 0 Å². The number of hydrogen-bond donors (Lipinski definition) is 0. The number of halogens is 1. The fraction of sp³-hybridized carbons (Fsp3) is 0.417. The number of para-hydroxylation sites is 1. The molecule has 0 aromatic heterocycles. The molecule has 1 aromatic carbocycles. The number of hydrogen-bond acceptors (Lipinski definition) is 1. The van der Waals surface area contributed by atoms with Crippen LogP contribution in [-0.4, -0.2) is 19.1 Å². The van der Waals surface area contributed by atoms with Crippen LogP contribution in [0, 0.1) is 0 Å². The van der Waals surface area contributed by atoms with Gasteiger partial charge in [-0.1, -0.05) is 32.0 Å². The van der Waals surface area contributed by atoms with E-state index in [1.807, 2.05) is 24.3 Å². The minimum atomic E-state index is -1.46. The molecule has 1 unspecified atom stereocenters. The fourth-order valence-electron chi connectivity index (χ4n) is 2.04. The number of anilines is 1. The van der Waals surface area contributed by atoms with Crippen LogP contribution in [0.15, 0.2) is 24.3 Å². The Morgan fingerprint density at radius 2 is 1.93 bits per heavy atom. The topological polar surface area (TPSA) is 20.3 Å². The molecule has 2 rings (SSSR count). The van der Waals surface area contributed by atoms with Crippen molar-refractivity contribution in [2.45, 2.75) is 25.4 Å². The molecule has 2 nitrogen and oxygen atoms in total. The summed E-state index contributed by atoms with van der Waals surface area (Å²) in [5, 5.41) is 0. The molecular weight excluding hydrogens is 193 g/mol. The van der Waals surface area contributed by atoms with Crippen LogP contribution < -0.4 is 4.90 Å². The summed E-state index contributed by atoms with van der Waals surface area (Å²) in [4.78, 5) is 13.0. The number of carbonyl (C=O) groups excluding carboxylic acids is 1. The molecule has 0 spiro atoms. The lowest BCUT2D eigenvalue weighted by atomic mass is 9.76. The van der Waals surface area contributed by atoms with Crippen molar-refractivity contribution < 1.29 is 9.18 Å². The molecule has 1 heterocycles. The maximum atomic E-state index is 13.9. The van der Waals surface area contributed by atoms with Crippen molar-refractivity contribution >= 4 is 11.6 Å². The van der Waals surface area contributed by atoms with Crippen LogP contribution in [0.5, 0.6) is 0 Å². The lowest BCUT2D eigenvalue weighted by Gasteiger charge is -2.39. The van der Waals surface area contributed by atoms with Crippen LogP contribution in [0.3, 0.4) is 0 Å². The summed E-state index contributed by atoms with van der Waals surface area (Å²) in [5.74, 6) is -0.460. The third-order valence-corrected chi connectivity index (χ3v) is 3.14.